The molecule has 104 valence electrons. The van der Waals surface area contributed by atoms with Gasteiger partial charge in [0.15, 0.2) is 0 Å². The number of phenolic OH excluding ortho intramolecular Hbond substituents is 1. The maximum absolute atomic E-state index is 12.0. The lowest BCUT2D eigenvalue weighted by Crippen LogP contribution is -2.43. The lowest BCUT2D eigenvalue weighted by atomic mass is 9.98. The van der Waals surface area contributed by atoms with E-state index in [9.17, 15) is 14.7 Å². The van der Waals surface area contributed by atoms with Gasteiger partial charge in [0, 0.05) is 17.5 Å². The normalized spacial score (nSPS) is 11.1. The lowest BCUT2D eigenvalue weighted by molar-refractivity contribution is -0.137. The van der Waals surface area contributed by atoms with Gasteiger partial charge in [-0.3, -0.25) is 9.59 Å². The summed E-state index contributed by atoms with van der Waals surface area (Å²) in [5, 5.41) is 20.7. The third kappa shape index (κ3) is 4.79. The Morgan fingerprint density at radius 3 is 2.53 bits per heavy atom. The van der Waals surface area contributed by atoms with Crippen LogP contribution in [0.1, 0.15) is 37.0 Å². The number of nitrogens with one attached hydrogen (secondary N) is 1. The molecule has 1 aromatic carbocycles. The van der Waals surface area contributed by atoms with Crippen LogP contribution in [0.5, 0.6) is 5.75 Å². The molecule has 5 nitrogen and oxygen atoms in total. The number of halogens is 1. The van der Waals surface area contributed by atoms with Crippen LogP contribution in [0.25, 0.3) is 0 Å². The zero-order valence-electron chi connectivity index (χ0n) is 10.7. The fourth-order valence-corrected chi connectivity index (χ4v) is 1.69. The minimum Gasteiger partial charge on any atom is -0.506 e. The number of rotatable bonds is 5. The maximum atomic E-state index is 12.0. The van der Waals surface area contributed by atoms with E-state index in [1.54, 1.807) is 13.8 Å². The molecule has 0 aliphatic rings. The molecule has 0 aliphatic heterocycles. The number of aromatic hydroxyl groups is 1. The van der Waals surface area contributed by atoms with Crippen molar-refractivity contribution >= 4 is 23.5 Å². The highest BCUT2D eigenvalue weighted by Gasteiger charge is 2.22. The summed E-state index contributed by atoms with van der Waals surface area (Å²) in [5.74, 6) is -1.37. The van der Waals surface area contributed by atoms with Gasteiger partial charge < -0.3 is 15.5 Å². The van der Waals surface area contributed by atoms with Crippen LogP contribution in [0.2, 0.25) is 5.02 Å². The summed E-state index contributed by atoms with van der Waals surface area (Å²) in [6.45, 7) is 3.49. The third-order valence-electron chi connectivity index (χ3n) is 2.63. The smallest absolute Gasteiger partial charge is 0.303 e. The van der Waals surface area contributed by atoms with Crippen LogP contribution in [-0.4, -0.2) is 27.6 Å². The molecule has 19 heavy (non-hydrogen) atoms. The van der Waals surface area contributed by atoms with E-state index in [1.807, 2.05) is 0 Å². The average Bonchev–Trinajstić information content (AvgIpc) is 2.29. The van der Waals surface area contributed by atoms with Crippen molar-refractivity contribution in [3.63, 3.8) is 0 Å². The van der Waals surface area contributed by atoms with Gasteiger partial charge in [-0.1, -0.05) is 11.6 Å². The molecule has 6 heteroatoms. The number of carbonyl (C=O) groups excluding carboxylic acids is 1. The van der Waals surface area contributed by atoms with Gasteiger partial charge in [0.25, 0.3) is 5.91 Å². The number of aliphatic carboxylic acids is 1. The van der Waals surface area contributed by atoms with Crippen molar-refractivity contribution in [1.82, 2.24) is 5.32 Å². The first-order valence-electron chi connectivity index (χ1n) is 5.74. The molecule has 0 radical (unpaired) electrons. The number of carboxylic acid groups (broad SMARTS) is 1. The van der Waals surface area contributed by atoms with E-state index >= 15 is 0 Å². The van der Waals surface area contributed by atoms with Crippen LogP contribution in [0, 0.1) is 0 Å². The first kappa shape index (κ1) is 15.3. The fraction of sp³-hybridized carbons (Fsp3) is 0.385. The van der Waals surface area contributed by atoms with Crippen molar-refractivity contribution in [2.75, 3.05) is 0 Å². The largest absolute Gasteiger partial charge is 0.506 e. The molecule has 1 amide bonds. The Morgan fingerprint density at radius 2 is 2.00 bits per heavy atom. The van der Waals surface area contributed by atoms with Crippen molar-refractivity contribution in [1.29, 1.82) is 0 Å². The first-order chi connectivity index (χ1) is 8.71. The number of carbonyl (C=O) groups is 2. The van der Waals surface area contributed by atoms with E-state index in [4.69, 9.17) is 16.7 Å². The molecule has 0 aliphatic carbocycles. The molecule has 3 N–H and O–H groups in total. The molecule has 0 atom stereocenters. The number of carboxylic acids is 1. The van der Waals surface area contributed by atoms with Crippen molar-refractivity contribution in [3.05, 3.63) is 28.8 Å². The van der Waals surface area contributed by atoms with Crippen LogP contribution in [0.3, 0.4) is 0 Å². The second-order valence-electron chi connectivity index (χ2n) is 4.90. The van der Waals surface area contributed by atoms with E-state index in [1.165, 1.54) is 18.2 Å². The van der Waals surface area contributed by atoms with Gasteiger partial charge in [-0.15, -0.1) is 0 Å². The third-order valence-corrected chi connectivity index (χ3v) is 2.93. The van der Waals surface area contributed by atoms with Crippen LogP contribution in [0.4, 0.5) is 0 Å². The highest BCUT2D eigenvalue weighted by atomic mass is 35.5. The minimum atomic E-state index is -0.907. The SMILES string of the molecule is CC(C)(CCC(=O)O)NC(=O)c1ccc(O)c(Cl)c1. The zero-order chi connectivity index (χ0) is 14.6. The lowest BCUT2D eigenvalue weighted by Gasteiger charge is -2.25. The van der Waals surface area contributed by atoms with Crippen LogP contribution >= 0.6 is 11.6 Å². The fourth-order valence-electron chi connectivity index (χ4n) is 1.51. The van der Waals surface area contributed by atoms with Gasteiger partial charge >= 0.3 is 5.97 Å². The highest BCUT2D eigenvalue weighted by Crippen LogP contribution is 2.24. The first-order valence-corrected chi connectivity index (χ1v) is 6.12. The van der Waals surface area contributed by atoms with Gasteiger partial charge in [0.2, 0.25) is 0 Å². The Morgan fingerprint density at radius 1 is 1.37 bits per heavy atom. The monoisotopic (exact) mass is 285 g/mol. The average molecular weight is 286 g/mol. The highest BCUT2D eigenvalue weighted by molar-refractivity contribution is 6.32. The van der Waals surface area contributed by atoms with E-state index in [0.717, 1.165) is 0 Å². The van der Waals surface area contributed by atoms with E-state index in [2.05, 4.69) is 5.32 Å². The maximum Gasteiger partial charge on any atom is 0.303 e. The Hall–Kier alpha value is -1.75. The molecule has 0 bridgehead atoms. The molecule has 0 fully saturated rings. The Labute approximate surface area is 116 Å². The minimum absolute atomic E-state index is 0.0242. The summed E-state index contributed by atoms with van der Waals surface area (Å²) >= 11 is 5.72. The molecule has 1 aromatic rings. The van der Waals surface area contributed by atoms with Crippen LogP contribution in [0.15, 0.2) is 18.2 Å². The molecule has 0 spiro atoms. The number of hydrogen-bond acceptors (Lipinski definition) is 3. The molecule has 0 unspecified atom stereocenters. The Balaban J connectivity index is 2.72. The standard InChI is InChI=1S/C13H16ClNO4/c1-13(2,6-5-11(17)18)15-12(19)8-3-4-10(16)9(14)7-8/h3-4,7,16H,5-6H2,1-2H3,(H,15,19)(H,17,18). The van der Waals surface area contributed by atoms with Gasteiger partial charge in [-0.2, -0.15) is 0 Å². The van der Waals surface area contributed by atoms with Crippen molar-refractivity contribution in [2.24, 2.45) is 0 Å². The van der Waals surface area contributed by atoms with Crippen molar-refractivity contribution < 1.29 is 19.8 Å². The van der Waals surface area contributed by atoms with E-state index in [-0.39, 0.29) is 23.1 Å². The van der Waals surface area contributed by atoms with Crippen LogP contribution < -0.4 is 5.32 Å². The van der Waals surface area contributed by atoms with Crippen LogP contribution in [-0.2, 0) is 4.79 Å². The van der Waals surface area contributed by atoms with Gasteiger partial charge in [0.1, 0.15) is 5.75 Å². The summed E-state index contributed by atoms with van der Waals surface area (Å²) in [5.41, 5.74) is -0.328. The quantitative estimate of drug-likeness (QED) is 0.775. The van der Waals surface area contributed by atoms with E-state index < -0.39 is 11.5 Å². The molecular formula is C13H16ClNO4. The second-order valence-corrected chi connectivity index (χ2v) is 5.31. The summed E-state index contributed by atoms with van der Waals surface area (Å²) in [6.07, 6.45) is 0.295. The van der Waals surface area contributed by atoms with Gasteiger partial charge in [0.05, 0.1) is 5.02 Å². The molecular weight excluding hydrogens is 270 g/mol. The molecule has 0 saturated carbocycles. The Kier molecular flexibility index (Phi) is 4.78. The summed E-state index contributed by atoms with van der Waals surface area (Å²) < 4.78 is 0. The second kappa shape index (κ2) is 5.93. The number of phenols is 1. The van der Waals surface area contributed by atoms with Gasteiger partial charge in [-0.05, 0) is 38.5 Å². The predicted octanol–water partition coefficient (Wildman–Crippen LogP) is 2.42. The van der Waals surface area contributed by atoms with Crippen molar-refractivity contribution in [3.8, 4) is 5.75 Å². The Bertz CT molecular complexity index is 499. The van der Waals surface area contributed by atoms with Crippen molar-refractivity contribution in [2.45, 2.75) is 32.2 Å². The topological polar surface area (TPSA) is 86.6 Å². The zero-order valence-corrected chi connectivity index (χ0v) is 11.5. The predicted molar refractivity (Wildman–Crippen MR) is 71.5 cm³/mol. The van der Waals surface area contributed by atoms with E-state index in [0.29, 0.717) is 12.0 Å². The molecule has 1 rings (SSSR count). The van der Waals surface area contributed by atoms with Gasteiger partial charge in [-0.25, -0.2) is 0 Å². The summed E-state index contributed by atoms with van der Waals surface area (Å²) in [6, 6.07) is 4.14. The molecule has 0 heterocycles. The number of amides is 1. The summed E-state index contributed by atoms with van der Waals surface area (Å²) in [7, 11) is 0. The molecule has 0 saturated heterocycles. The number of benzene rings is 1. The molecule has 0 aromatic heterocycles. The summed E-state index contributed by atoms with van der Waals surface area (Å²) in [4.78, 5) is 22.5. The number of hydrogen-bond donors (Lipinski definition) is 3.